The minimum atomic E-state index is -1.08. The van der Waals surface area contributed by atoms with E-state index in [1.54, 1.807) is 6.92 Å². The highest BCUT2D eigenvalue weighted by Crippen LogP contribution is 2.66. The third-order valence-corrected chi connectivity index (χ3v) is 12.6. The van der Waals surface area contributed by atoms with Crippen LogP contribution in [0.2, 0.25) is 0 Å². The normalized spacial score (nSPS) is 25.8. The Labute approximate surface area is 299 Å². The average molecular weight is 706 g/mol. The first-order chi connectivity index (χ1) is 23.5. The molecule has 0 aromatic rings. The molecule has 284 valence electrons. The maximum atomic E-state index is 14.1. The molecule has 11 heteroatoms. The summed E-state index contributed by atoms with van der Waals surface area (Å²) < 4.78 is 22.1. The van der Waals surface area contributed by atoms with Crippen molar-refractivity contribution in [1.82, 2.24) is 4.90 Å². The molecule has 3 rings (SSSR count). The van der Waals surface area contributed by atoms with Gasteiger partial charge in [0, 0.05) is 24.4 Å². The molecule has 7 atom stereocenters. The lowest BCUT2D eigenvalue weighted by molar-refractivity contribution is -0.165. The molecule has 0 radical (unpaired) electrons. The zero-order chi connectivity index (χ0) is 37.3. The summed E-state index contributed by atoms with van der Waals surface area (Å²) in [6.45, 7) is 14.0. The molecule has 3 aliphatic rings. The number of carbonyl (C=O) groups is 6. The van der Waals surface area contributed by atoms with Crippen molar-refractivity contribution in [3.05, 3.63) is 0 Å². The number of carbonyl (C=O) groups excluding carboxylic acids is 6. The Hall–Kier alpha value is -2.98. The number of ether oxygens (including phenoxy) is 4. The van der Waals surface area contributed by atoms with Gasteiger partial charge in [-0.2, -0.15) is 0 Å². The third-order valence-electron chi connectivity index (χ3n) is 12.6. The van der Waals surface area contributed by atoms with Crippen LogP contribution in [-0.4, -0.2) is 79.5 Å². The quantitative estimate of drug-likeness (QED) is 0.0644. The van der Waals surface area contributed by atoms with Crippen LogP contribution in [-0.2, 0) is 47.7 Å². The molecule has 0 spiro atoms. The summed E-state index contributed by atoms with van der Waals surface area (Å²) in [5.74, 6) is -2.48. The van der Waals surface area contributed by atoms with Crippen molar-refractivity contribution in [2.24, 2.45) is 34.0 Å². The van der Waals surface area contributed by atoms with Crippen molar-refractivity contribution >= 4 is 35.6 Å². The van der Waals surface area contributed by atoms with Gasteiger partial charge in [-0.3, -0.25) is 28.8 Å². The van der Waals surface area contributed by atoms with Gasteiger partial charge < -0.3 is 23.8 Å². The first kappa shape index (κ1) is 41.4. The molecule has 11 nitrogen and oxygen atoms in total. The van der Waals surface area contributed by atoms with E-state index in [0.29, 0.717) is 51.0 Å². The summed E-state index contributed by atoms with van der Waals surface area (Å²) in [5, 5.41) is 0. The highest BCUT2D eigenvalue weighted by atomic mass is 16.6. The highest BCUT2D eigenvalue weighted by molar-refractivity contribution is 5.94. The maximum absolute atomic E-state index is 14.1. The Morgan fingerprint density at radius 2 is 1.64 bits per heavy atom. The number of hydrogen-bond donors (Lipinski definition) is 0. The number of ketones is 1. The number of esters is 4. The Bertz CT molecular complexity index is 1230. The van der Waals surface area contributed by atoms with Crippen molar-refractivity contribution in [3.63, 3.8) is 0 Å². The molecular formula is C39H63NO10. The number of Topliss-reactive ketones (excluding diaryl/α,β-unsaturated/α-hetero) is 1. The minimum absolute atomic E-state index is 0.0647. The van der Waals surface area contributed by atoms with E-state index in [-0.39, 0.29) is 78.6 Å². The van der Waals surface area contributed by atoms with Crippen LogP contribution in [0.3, 0.4) is 0 Å². The SMILES string of the molecule is CCC(CCC(CCC(C)(CC(C)N1CCCCCC1=O)C(=O)OCCOC(=O)CC(C)=O)C(=O)OC1CC2CCC1(C)C2(C)C)C(=O)OC. The van der Waals surface area contributed by atoms with Crippen LogP contribution in [0.25, 0.3) is 0 Å². The molecule has 0 N–H and O–H groups in total. The molecule has 7 unspecified atom stereocenters. The molecule has 2 aliphatic carbocycles. The predicted octanol–water partition coefficient (Wildman–Crippen LogP) is 6.37. The van der Waals surface area contributed by atoms with Crippen LogP contribution >= 0.6 is 0 Å². The lowest BCUT2D eigenvalue weighted by atomic mass is 9.70. The molecule has 2 saturated carbocycles. The lowest BCUT2D eigenvalue weighted by Gasteiger charge is -2.39. The summed E-state index contributed by atoms with van der Waals surface area (Å²) in [5.41, 5.74) is -1.13. The van der Waals surface area contributed by atoms with Gasteiger partial charge in [0.25, 0.3) is 0 Å². The fraction of sp³-hybridized carbons (Fsp3) is 0.846. The standard InChI is InChI=1S/C39H63NO10/c1-9-28(34(44)47-8)14-15-29(35(45)50-31-24-30-17-19-39(31,7)37(30,4)5)16-18-38(6,25-26(2)40-20-12-10-11-13-32(40)42)36(46)49-22-21-48-33(43)23-27(3)41/h26,28-31H,9-25H2,1-8H3. The van der Waals surface area contributed by atoms with Gasteiger partial charge in [-0.15, -0.1) is 0 Å². The maximum Gasteiger partial charge on any atom is 0.313 e. The fourth-order valence-electron chi connectivity index (χ4n) is 8.71. The smallest absolute Gasteiger partial charge is 0.313 e. The van der Waals surface area contributed by atoms with Gasteiger partial charge in [0.15, 0.2) is 0 Å². The Morgan fingerprint density at radius 1 is 0.960 bits per heavy atom. The van der Waals surface area contributed by atoms with E-state index in [1.165, 1.54) is 14.0 Å². The first-order valence-electron chi connectivity index (χ1n) is 18.9. The molecule has 0 aromatic heterocycles. The summed E-state index contributed by atoms with van der Waals surface area (Å²) in [6.07, 6.45) is 7.98. The van der Waals surface area contributed by atoms with Gasteiger partial charge in [0.2, 0.25) is 5.91 Å². The van der Waals surface area contributed by atoms with E-state index in [9.17, 15) is 28.8 Å². The summed E-state index contributed by atoms with van der Waals surface area (Å²) in [6, 6.07) is -0.253. The van der Waals surface area contributed by atoms with Crippen LogP contribution in [0.15, 0.2) is 0 Å². The number of fused-ring (bicyclic) bond motifs is 2. The fourth-order valence-corrected chi connectivity index (χ4v) is 8.71. The van der Waals surface area contributed by atoms with Gasteiger partial charge in [-0.25, -0.2) is 0 Å². The highest BCUT2D eigenvalue weighted by Gasteiger charge is 2.63. The number of rotatable bonds is 19. The van der Waals surface area contributed by atoms with Gasteiger partial charge in [-0.1, -0.05) is 34.1 Å². The van der Waals surface area contributed by atoms with Crippen molar-refractivity contribution in [2.75, 3.05) is 26.9 Å². The number of methoxy groups -OCH3 is 1. The molecule has 1 aliphatic heterocycles. The second kappa shape index (κ2) is 18.0. The molecular weight excluding hydrogens is 642 g/mol. The molecule has 3 fully saturated rings. The van der Waals surface area contributed by atoms with Gasteiger partial charge in [-0.05, 0) is 103 Å². The van der Waals surface area contributed by atoms with Crippen LogP contribution in [0.4, 0.5) is 0 Å². The average Bonchev–Trinajstić information content (AvgIpc) is 3.24. The number of nitrogens with zero attached hydrogens (tertiary/aromatic N) is 1. The van der Waals surface area contributed by atoms with Crippen molar-refractivity contribution in [2.45, 2.75) is 151 Å². The predicted molar refractivity (Wildman–Crippen MR) is 186 cm³/mol. The zero-order valence-electron chi connectivity index (χ0n) is 31.9. The van der Waals surface area contributed by atoms with Crippen molar-refractivity contribution in [3.8, 4) is 0 Å². The second-order valence-electron chi connectivity index (χ2n) is 16.2. The van der Waals surface area contributed by atoms with Gasteiger partial charge in [0.1, 0.15) is 31.5 Å². The third kappa shape index (κ3) is 10.1. The van der Waals surface area contributed by atoms with E-state index >= 15 is 0 Å². The van der Waals surface area contributed by atoms with Crippen LogP contribution in [0.1, 0.15) is 138 Å². The van der Waals surface area contributed by atoms with Crippen LogP contribution < -0.4 is 0 Å². The summed E-state index contributed by atoms with van der Waals surface area (Å²) in [7, 11) is 1.37. The van der Waals surface area contributed by atoms with E-state index in [0.717, 1.165) is 38.5 Å². The topological polar surface area (TPSA) is 143 Å². The molecule has 2 bridgehead atoms. The van der Waals surface area contributed by atoms with Gasteiger partial charge >= 0.3 is 23.9 Å². The van der Waals surface area contributed by atoms with E-state index < -0.39 is 23.3 Å². The monoisotopic (exact) mass is 705 g/mol. The molecule has 0 aromatic carbocycles. The minimum Gasteiger partial charge on any atom is -0.469 e. The van der Waals surface area contributed by atoms with E-state index in [1.807, 2.05) is 18.7 Å². The largest absolute Gasteiger partial charge is 0.469 e. The molecule has 1 saturated heterocycles. The summed E-state index contributed by atoms with van der Waals surface area (Å²) >= 11 is 0. The number of amides is 1. The molecule has 50 heavy (non-hydrogen) atoms. The molecule has 1 amide bonds. The summed E-state index contributed by atoms with van der Waals surface area (Å²) in [4.78, 5) is 78.3. The lowest BCUT2D eigenvalue weighted by Crippen LogP contribution is -2.44. The van der Waals surface area contributed by atoms with Crippen molar-refractivity contribution in [1.29, 1.82) is 0 Å². The van der Waals surface area contributed by atoms with E-state index in [2.05, 4.69) is 20.8 Å². The van der Waals surface area contributed by atoms with Crippen molar-refractivity contribution < 1.29 is 47.7 Å². The number of likely N-dealkylation sites (tertiary alicyclic amines) is 1. The van der Waals surface area contributed by atoms with Crippen LogP contribution in [0, 0.1) is 34.0 Å². The zero-order valence-corrected chi connectivity index (χ0v) is 31.9. The number of hydrogen-bond acceptors (Lipinski definition) is 10. The Kier molecular flexibility index (Phi) is 14.9. The Morgan fingerprint density at radius 3 is 2.24 bits per heavy atom. The first-order valence-corrected chi connectivity index (χ1v) is 18.9. The van der Waals surface area contributed by atoms with Crippen LogP contribution in [0.5, 0.6) is 0 Å². The molecule has 1 heterocycles. The second-order valence-corrected chi connectivity index (χ2v) is 16.2. The Balaban J connectivity index is 1.81. The van der Waals surface area contributed by atoms with E-state index in [4.69, 9.17) is 18.9 Å². The van der Waals surface area contributed by atoms with Gasteiger partial charge in [0.05, 0.1) is 24.4 Å².